The van der Waals surface area contributed by atoms with Gasteiger partial charge in [-0.2, -0.15) is 0 Å². The topological polar surface area (TPSA) is 26.0 Å². The highest BCUT2D eigenvalue weighted by atomic mass is 35.5. The summed E-state index contributed by atoms with van der Waals surface area (Å²) in [4.78, 5) is 0. The minimum Gasteiger partial charge on any atom is -0.398 e. The number of benzene rings is 1. The summed E-state index contributed by atoms with van der Waals surface area (Å²) in [6.07, 6.45) is 0. The van der Waals surface area contributed by atoms with E-state index in [-0.39, 0.29) is 24.8 Å². The smallest absolute Gasteiger partial charge is 0.0373 e. The van der Waals surface area contributed by atoms with Crippen LogP contribution in [0.2, 0.25) is 0 Å². The van der Waals surface area contributed by atoms with Crippen LogP contribution in [0.25, 0.3) is 0 Å². The Morgan fingerprint density at radius 2 is 1.36 bits per heavy atom. The van der Waals surface area contributed by atoms with Gasteiger partial charge in [0.05, 0.1) is 0 Å². The number of anilines is 1. The zero-order valence-electron chi connectivity index (χ0n) is 6.63. The number of para-hydroxylation sites is 1. The number of nitrogen functional groups attached to an aromatic ring is 1. The molecule has 0 amide bonds. The lowest BCUT2D eigenvalue weighted by Crippen LogP contribution is -1.91. The van der Waals surface area contributed by atoms with Gasteiger partial charge in [0.1, 0.15) is 0 Å². The number of hydrogen-bond acceptors (Lipinski definition) is 1. The van der Waals surface area contributed by atoms with Crippen molar-refractivity contribution >= 4 is 30.5 Å². The molecular weight excluding hydrogens is 181 g/mol. The largest absolute Gasteiger partial charge is 0.398 e. The molecule has 0 spiro atoms. The van der Waals surface area contributed by atoms with Crippen LogP contribution in [0, 0.1) is 13.8 Å². The van der Waals surface area contributed by atoms with Crippen molar-refractivity contribution in [3.05, 3.63) is 29.3 Å². The Morgan fingerprint density at radius 1 is 1.00 bits per heavy atom. The molecule has 0 saturated heterocycles. The molecule has 0 heterocycles. The summed E-state index contributed by atoms with van der Waals surface area (Å²) in [5.41, 5.74) is 8.92. The van der Waals surface area contributed by atoms with Crippen molar-refractivity contribution in [2.45, 2.75) is 13.8 Å². The fourth-order valence-electron chi connectivity index (χ4n) is 0.827. The standard InChI is InChI=1S/C8H11N.2ClH/c1-6-4-3-5-7(2)8(6)9;;/h3-5H,9H2,1-2H3;2*1H. The van der Waals surface area contributed by atoms with Crippen LogP contribution in [0.4, 0.5) is 5.69 Å². The first kappa shape index (κ1) is 13.2. The first-order valence-corrected chi connectivity index (χ1v) is 3.03. The number of halogens is 2. The predicted molar refractivity (Wildman–Crippen MR) is 54.8 cm³/mol. The highest BCUT2D eigenvalue weighted by Crippen LogP contribution is 2.13. The average molecular weight is 194 g/mol. The van der Waals surface area contributed by atoms with E-state index in [0.29, 0.717) is 0 Å². The van der Waals surface area contributed by atoms with Crippen molar-refractivity contribution in [2.24, 2.45) is 0 Å². The lowest BCUT2D eigenvalue weighted by molar-refractivity contribution is 1.39. The van der Waals surface area contributed by atoms with E-state index in [1.165, 1.54) is 0 Å². The summed E-state index contributed by atoms with van der Waals surface area (Å²) >= 11 is 0. The van der Waals surface area contributed by atoms with Gasteiger partial charge in [-0.1, -0.05) is 18.2 Å². The summed E-state index contributed by atoms with van der Waals surface area (Å²) in [7, 11) is 0. The van der Waals surface area contributed by atoms with Gasteiger partial charge in [0.2, 0.25) is 0 Å². The second-order valence-electron chi connectivity index (χ2n) is 2.31. The lowest BCUT2D eigenvalue weighted by Gasteiger charge is -2.00. The van der Waals surface area contributed by atoms with Crippen molar-refractivity contribution in [3.8, 4) is 0 Å². The second kappa shape index (κ2) is 5.28. The zero-order chi connectivity index (χ0) is 6.85. The maximum absolute atomic E-state index is 5.68. The number of aryl methyl sites for hydroxylation is 2. The van der Waals surface area contributed by atoms with Gasteiger partial charge in [0.15, 0.2) is 0 Å². The van der Waals surface area contributed by atoms with E-state index in [0.717, 1.165) is 16.8 Å². The van der Waals surface area contributed by atoms with Gasteiger partial charge in [0, 0.05) is 5.69 Å². The van der Waals surface area contributed by atoms with Gasteiger partial charge in [-0.25, -0.2) is 0 Å². The minimum atomic E-state index is 0. The van der Waals surface area contributed by atoms with Gasteiger partial charge < -0.3 is 5.73 Å². The molecular formula is C8H13Cl2N. The molecule has 2 N–H and O–H groups in total. The highest BCUT2D eigenvalue weighted by Gasteiger charge is 1.92. The third kappa shape index (κ3) is 3.00. The molecule has 3 heteroatoms. The Hall–Kier alpha value is -0.400. The van der Waals surface area contributed by atoms with Crippen LogP contribution in [0.1, 0.15) is 11.1 Å². The molecule has 0 aliphatic rings. The first-order chi connectivity index (χ1) is 4.22. The summed E-state index contributed by atoms with van der Waals surface area (Å²) in [6, 6.07) is 6.05. The van der Waals surface area contributed by atoms with E-state index >= 15 is 0 Å². The molecule has 0 bridgehead atoms. The molecule has 0 atom stereocenters. The van der Waals surface area contributed by atoms with Crippen molar-refractivity contribution in [1.29, 1.82) is 0 Å². The van der Waals surface area contributed by atoms with Crippen LogP contribution in [0.15, 0.2) is 18.2 Å². The Bertz CT molecular complexity index is 203. The SMILES string of the molecule is Cc1cccc(C)c1N.Cl.Cl. The molecule has 1 aromatic rings. The van der Waals surface area contributed by atoms with E-state index in [4.69, 9.17) is 5.73 Å². The highest BCUT2D eigenvalue weighted by molar-refractivity contribution is 5.85. The van der Waals surface area contributed by atoms with Crippen LogP contribution < -0.4 is 5.73 Å². The van der Waals surface area contributed by atoms with Crippen molar-refractivity contribution < 1.29 is 0 Å². The molecule has 64 valence electrons. The van der Waals surface area contributed by atoms with E-state index in [1.807, 2.05) is 32.0 Å². The predicted octanol–water partition coefficient (Wildman–Crippen LogP) is 2.73. The Morgan fingerprint density at radius 3 is 1.64 bits per heavy atom. The maximum Gasteiger partial charge on any atom is 0.0373 e. The van der Waals surface area contributed by atoms with Crippen molar-refractivity contribution in [2.75, 3.05) is 5.73 Å². The average Bonchev–Trinajstić information content (AvgIpc) is 1.83. The van der Waals surface area contributed by atoms with E-state index in [2.05, 4.69) is 0 Å². The number of nitrogens with two attached hydrogens (primary N) is 1. The summed E-state index contributed by atoms with van der Waals surface area (Å²) in [5.74, 6) is 0. The number of rotatable bonds is 0. The lowest BCUT2D eigenvalue weighted by atomic mass is 10.1. The minimum absolute atomic E-state index is 0. The quantitative estimate of drug-likeness (QED) is 0.631. The first-order valence-electron chi connectivity index (χ1n) is 3.03. The van der Waals surface area contributed by atoms with Crippen LogP contribution in [0.5, 0.6) is 0 Å². The Balaban J connectivity index is 0. The molecule has 11 heavy (non-hydrogen) atoms. The summed E-state index contributed by atoms with van der Waals surface area (Å²) < 4.78 is 0. The third-order valence-electron chi connectivity index (χ3n) is 1.54. The summed E-state index contributed by atoms with van der Waals surface area (Å²) in [6.45, 7) is 4.03. The normalized spacial score (nSPS) is 7.82. The van der Waals surface area contributed by atoms with Gasteiger partial charge in [0.25, 0.3) is 0 Å². The van der Waals surface area contributed by atoms with Gasteiger partial charge in [-0.3, -0.25) is 0 Å². The molecule has 0 radical (unpaired) electrons. The van der Waals surface area contributed by atoms with Crippen LogP contribution in [0.3, 0.4) is 0 Å². The summed E-state index contributed by atoms with van der Waals surface area (Å²) in [5, 5.41) is 0. The van der Waals surface area contributed by atoms with Crippen LogP contribution in [-0.4, -0.2) is 0 Å². The molecule has 1 aromatic carbocycles. The molecule has 1 nitrogen and oxygen atoms in total. The fourth-order valence-corrected chi connectivity index (χ4v) is 0.827. The van der Waals surface area contributed by atoms with Crippen molar-refractivity contribution in [1.82, 2.24) is 0 Å². The molecule has 0 fully saturated rings. The molecule has 1 rings (SSSR count). The third-order valence-corrected chi connectivity index (χ3v) is 1.54. The van der Waals surface area contributed by atoms with Gasteiger partial charge in [-0.15, -0.1) is 24.8 Å². The van der Waals surface area contributed by atoms with E-state index in [9.17, 15) is 0 Å². The Kier molecular flexibility index (Phi) is 6.34. The second-order valence-corrected chi connectivity index (χ2v) is 2.31. The van der Waals surface area contributed by atoms with E-state index < -0.39 is 0 Å². The van der Waals surface area contributed by atoms with E-state index in [1.54, 1.807) is 0 Å². The van der Waals surface area contributed by atoms with Crippen molar-refractivity contribution in [3.63, 3.8) is 0 Å². The molecule has 0 unspecified atom stereocenters. The molecule has 0 aliphatic carbocycles. The zero-order valence-corrected chi connectivity index (χ0v) is 8.26. The van der Waals surface area contributed by atoms with Crippen LogP contribution >= 0.6 is 24.8 Å². The molecule has 0 aromatic heterocycles. The number of hydrogen-bond donors (Lipinski definition) is 1. The maximum atomic E-state index is 5.68. The molecule has 0 aliphatic heterocycles. The fraction of sp³-hybridized carbons (Fsp3) is 0.250. The monoisotopic (exact) mass is 193 g/mol. The van der Waals surface area contributed by atoms with Gasteiger partial charge in [-0.05, 0) is 25.0 Å². The molecule has 0 saturated carbocycles. The van der Waals surface area contributed by atoms with Crippen LogP contribution in [-0.2, 0) is 0 Å². The Labute approximate surface area is 79.8 Å². The van der Waals surface area contributed by atoms with Gasteiger partial charge >= 0.3 is 0 Å².